The molecule has 0 saturated heterocycles. The molecular formula is C14H17N3O4. The predicted molar refractivity (Wildman–Crippen MR) is 76.3 cm³/mol. The Morgan fingerprint density at radius 2 is 2.00 bits per heavy atom. The van der Waals surface area contributed by atoms with Crippen molar-refractivity contribution >= 4 is 23.6 Å². The van der Waals surface area contributed by atoms with Crippen molar-refractivity contribution in [2.75, 3.05) is 11.4 Å². The topological polar surface area (TPSA) is 113 Å². The van der Waals surface area contributed by atoms with Crippen LogP contribution in [0.3, 0.4) is 0 Å². The van der Waals surface area contributed by atoms with Gasteiger partial charge in [0.25, 0.3) is 0 Å². The van der Waals surface area contributed by atoms with Crippen molar-refractivity contribution < 1.29 is 19.5 Å². The van der Waals surface area contributed by atoms with Gasteiger partial charge in [-0.2, -0.15) is 0 Å². The summed E-state index contributed by atoms with van der Waals surface area (Å²) in [5, 5.41) is 11.5. The molecule has 1 heterocycles. The second kappa shape index (κ2) is 5.08. The molecule has 21 heavy (non-hydrogen) atoms. The molecule has 1 aliphatic rings. The molecule has 7 nitrogen and oxygen atoms in total. The van der Waals surface area contributed by atoms with Crippen LogP contribution in [0.2, 0.25) is 0 Å². The number of fused-ring (bicyclic) bond motifs is 1. The normalized spacial score (nSPS) is 13.7. The summed E-state index contributed by atoms with van der Waals surface area (Å²) in [6.45, 7) is 3.48. The minimum Gasteiger partial charge on any atom is -0.478 e. The van der Waals surface area contributed by atoms with Crippen LogP contribution in [0.25, 0.3) is 0 Å². The number of carbonyl (C=O) groups excluding carboxylic acids is 2. The van der Waals surface area contributed by atoms with Gasteiger partial charge in [-0.25, -0.2) is 9.59 Å². The van der Waals surface area contributed by atoms with Crippen molar-refractivity contribution in [1.29, 1.82) is 0 Å². The zero-order valence-corrected chi connectivity index (χ0v) is 11.8. The summed E-state index contributed by atoms with van der Waals surface area (Å²) in [5.74, 6) is -1.63. The number of carbonyl (C=O) groups is 3. The first-order chi connectivity index (χ1) is 9.72. The number of aromatic carboxylic acids is 1. The van der Waals surface area contributed by atoms with Crippen LogP contribution in [0.1, 0.15) is 29.8 Å². The highest BCUT2D eigenvalue weighted by Gasteiger charge is 2.32. The summed E-state index contributed by atoms with van der Waals surface area (Å²) >= 11 is 0. The number of nitrogens with two attached hydrogens (primary N) is 1. The molecular weight excluding hydrogens is 274 g/mol. The lowest BCUT2D eigenvalue weighted by Gasteiger charge is -2.26. The van der Waals surface area contributed by atoms with E-state index in [0.717, 1.165) is 5.56 Å². The number of nitrogens with one attached hydrogen (secondary N) is 1. The Balaban J connectivity index is 2.21. The molecule has 0 aromatic heterocycles. The first kappa shape index (κ1) is 14.8. The van der Waals surface area contributed by atoms with Gasteiger partial charge in [0.1, 0.15) is 5.54 Å². The van der Waals surface area contributed by atoms with Crippen LogP contribution >= 0.6 is 0 Å². The minimum absolute atomic E-state index is 0.188. The molecule has 1 aromatic rings. The van der Waals surface area contributed by atoms with Crippen molar-refractivity contribution in [2.45, 2.75) is 25.8 Å². The Morgan fingerprint density at radius 1 is 1.33 bits per heavy atom. The molecule has 0 aliphatic carbocycles. The number of amides is 3. The number of hydrogen-bond acceptors (Lipinski definition) is 3. The van der Waals surface area contributed by atoms with Crippen molar-refractivity contribution in [2.24, 2.45) is 5.73 Å². The fourth-order valence-corrected chi connectivity index (χ4v) is 2.14. The van der Waals surface area contributed by atoms with Crippen LogP contribution in [0.4, 0.5) is 10.5 Å². The third-order valence-corrected chi connectivity index (χ3v) is 3.50. The lowest BCUT2D eigenvalue weighted by atomic mass is 10.1. The van der Waals surface area contributed by atoms with Gasteiger partial charge in [0.2, 0.25) is 5.91 Å². The SMILES string of the molecule is CC(C)(NC(=O)N1CCc2cc(C(=O)O)ccc21)C(N)=O. The fourth-order valence-electron chi connectivity index (χ4n) is 2.14. The van der Waals surface area contributed by atoms with Gasteiger partial charge in [-0.05, 0) is 44.0 Å². The third kappa shape index (κ3) is 2.81. The number of primary amides is 1. The number of carboxylic acid groups (broad SMARTS) is 1. The largest absolute Gasteiger partial charge is 0.478 e. The Labute approximate surface area is 121 Å². The van der Waals surface area contributed by atoms with Gasteiger partial charge < -0.3 is 16.2 Å². The summed E-state index contributed by atoms with van der Waals surface area (Å²) in [4.78, 5) is 35.9. The van der Waals surface area contributed by atoms with Crippen LogP contribution in [-0.4, -0.2) is 35.1 Å². The van der Waals surface area contributed by atoms with Crippen molar-refractivity contribution in [3.63, 3.8) is 0 Å². The summed E-state index contributed by atoms with van der Waals surface area (Å²) in [5.41, 5.74) is 5.71. The summed E-state index contributed by atoms with van der Waals surface area (Å²) in [6.07, 6.45) is 0.570. The van der Waals surface area contributed by atoms with Gasteiger partial charge in [-0.3, -0.25) is 9.69 Å². The average Bonchev–Trinajstić information content (AvgIpc) is 2.80. The van der Waals surface area contributed by atoms with Crippen LogP contribution < -0.4 is 16.0 Å². The van der Waals surface area contributed by atoms with E-state index >= 15 is 0 Å². The lowest BCUT2D eigenvalue weighted by molar-refractivity contribution is -0.122. The van der Waals surface area contributed by atoms with E-state index in [1.165, 1.54) is 24.8 Å². The van der Waals surface area contributed by atoms with Gasteiger partial charge >= 0.3 is 12.0 Å². The molecule has 4 N–H and O–H groups in total. The first-order valence-electron chi connectivity index (χ1n) is 6.48. The van der Waals surface area contributed by atoms with Crippen LogP contribution in [0.15, 0.2) is 18.2 Å². The number of hydrogen-bond donors (Lipinski definition) is 3. The second-order valence-corrected chi connectivity index (χ2v) is 5.47. The smallest absolute Gasteiger partial charge is 0.335 e. The molecule has 7 heteroatoms. The number of benzene rings is 1. The molecule has 0 radical (unpaired) electrons. The minimum atomic E-state index is -1.15. The van der Waals surface area contributed by atoms with E-state index in [0.29, 0.717) is 18.7 Å². The highest BCUT2D eigenvalue weighted by molar-refractivity contribution is 5.99. The maximum absolute atomic E-state index is 12.2. The molecule has 0 saturated carbocycles. The number of carboxylic acids is 1. The summed E-state index contributed by atoms with van der Waals surface area (Å²) in [6, 6.07) is 4.18. The van der Waals surface area contributed by atoms with E-state index < -0.39 is 23.4 Å². The lowest BCUT2D eigenvalue weighted by Crippen LogP contribution is -2.56. The van der Waals surface area contributed by atoms with Gasteiger partial charge in [0.15, 0.2) is 0 Å². The Kier molecular flexibility index (Phi) is 3.59. The molecule has 0 unspecified atom stereocenters. The fraction of sp³-hybridized carbons (Fsp3) is 0.357. The first-order valence-corrected chi connectivity index (χ1v) is 6.48. The molecule has 1 aliphatic heterocycles. The molecule has 2 rings (SSSR count). The van der Waals surface area contributed by atoms with E-state index in [1.54, 1.807) is 12.1 Å². The number of anilines is 1. The number of nitrogens with zero attached hydrogens (tertiary/aromatic N) is 1. The van der Waals surface area contributed by atoms with E-state index in [2.05, 4.69) is 5.32 Å². The van der Waals surface area contributed by atoms with Gasteiger partial charge in [0, 0.05) is 12.2 Å². The van der Waals surface area contributed by atoms with Crippen molar-refractivity contribution in [3.05, 3.63) is 29.3 Å². The maximum atomic E-state index is 12.2. The quantitative estimate of drug-likeness (QED) is 0.761. The number of rotatable bonds is 3. The Hall–Kier alpha value is -2.57. The summed E-state index contributed by atoms with van der Waals surface area (Å²) in [7, 11) is 0. The van der Waals surface area contributed by atoms with Crippen molar-refractivity contribution in [1.82, 2.24) is 5.32 Å². The van der Waals surface area contributed by atoms with Gasteiger partial charge in [-0.1, -0.05) is 0 Å². The summed E-state index contributed by atoms with van der Waals surface area (Å²) < 4.78 is 0. The van der Waals surface area contributed by atoms with Gasteiger partial charge in [0.05, 0.1) is 5.56 Å². The predicted octanol–water partition coefficient (Wildman–Crippen LogP) is 0.721. The molecule has 0 fully saturated rings. The molecule has 0 spiro atoms. The van der Waals surface area contributed by atoms with Crippen molar-refractivity contribution in [3.8, 4) is 0 Å². The standard InChI is InChI=1S/C14H17N3O4/c1-14(2,12(15)20)16-13(21)17-6-5-8-7-9(11(18)19)3-4-10(8)17/h3-4,7H,5-6H2,1-2H3,(H2,15,20)(H,16,21)(H,18,19). The Bertz CT molecular complexity index is 625. The van der Waals surface area contributed by atoms with E-state index in [1.807, 2.05) is 0 Å². The monoisotopic (exact) mass is 291 g/mol. The van der Waals surface area contributed by atoms with Crippen LogP contribution in [0.5, 0.6) is 0 Å². The zero-order chi connectivity index (χ0) is 15.8. The molecule has 0 atom stereocenters. The average molecular weight is 291 g/mol. The molecule has 3 amide bonds. The third-order valence-electron chi connectivity index (χ3n) is 3.50. The molecule has 0 bridgehead atoms. The van der Waals surface area contributed by atoms with Gasteiger partial charge in [-0.15, -0.1) is 0 Å². The zero-order valence-electron chi connectivity index (χ0n) is 11.8. The second-order valence-electron chi connectivity index (χ2n) is 5.47. The van der Waals surface area contributed by atoms with E-state index in [-0.39, 0.29) is 5.56 Å². The van der Waals surface area contributed by atoms with Crippen LogP contribution in [0, 0.1) is 0 Å². The van der Waals surface area contributed by atoms with E-state index in [9.17, 15) is 14.4 Å². The maximum Gasteiger partial charge on any atom is 0.335 e. The molecule has 1 aromatic carbocycles. The van der Waals surface area contributed by atoms with Crippen LogP contribution in [-0.2, 0) is 11.2 Å². The highest BCUT2D eigenvalue weighted by atomic mass is 16.4. The highest BCUT2D eigenvalue weighted by Crippen LogP contribution is 2.29. The molecule has 112 valence electrons. The number of urea groups is 1. The van der Waals surface area contributed by atoms with E-state index in [4.69, 9.17) is 10.8 Å². The Morgan fingerprint density at radius 3 is 2.57 bits per heavy atom.